The first-order chi connectivity index (χ1) is 8.07. The number of carboxylic acid groups (broad SMARTS) is 1. The van der Waals surface area contributed by atoms with Gasteiger partial charge in [-0.1, -0.05) is 24.3 Å². The molecule has 1 fully saturated rings. The summed E-state index contributed by atoms with van der Waals surface area (Å²) in [6.07, 6.45) is 0.541. The normalized spacial score (nSPS) is 29.2. The Balaban J connectivity index is 2.11. The Labute approximate surface area is 98.9 Å². The molecule has 1 aliphatic heterocycles. The minimum Gasteiger partial charge on any atom is -0.479 e. The summed E-state index contributed by atoms with van der Waals surface area (Å²) in [6, 6.07) is 7.79. The maximum Gasteiger partial charge on any atom is 0.330 e. The number of fused-ring (bicyclic) bond motifs is 3. The highest BCUT2D eigenvalue weighted by Crippen LogP contribution is 2.59. The second-order valence-corrected chi connectivity index (χ2v) is 4.79. The molecule has 0 aromatic heterocycles. The van der Waals surface area contributed by atoms with E-state index in [4.69, 9.17) is 0 Å². The van der Waals surface area contributed by atoms with Crippen molar-refractivity contribution in [3.05, 3.63) is 35.4 Å². The highest BCUT2D eigenvalue weighted by molar-refractivity contribution is 5.92. The monoisotopic (exact) mass is 231 g/mol. The van der Waals surface area contributed by atoms with Crippen LogP contribution in [-0.4, -0.2) is 27.4 Å². The second-order valence-electron chi connectivity index (χ2n) is 4.79. The summed E-state index contributed by atoms with van der Waals surface area (Å²) < 4.78 is 0. The predicted molar refractivity (Wildman–Crippen MR) is 60.4 cm³/mol. The average Bonchev–Trinajstić information content (AvgIpc) is 3.04. The molecule has 17 heavy (non-hydrogen) atoms. The van der Waals surface area contributed by atoms with E-state index in [0.717, 1.165) is 11.1 Å². The minimum atomic E-state index is -0.972. The first-order valence-corrected chi connectivity index (χ1v) is 5.67. The van der Waals surface area contributed by atoms with E-state index in [0.29, 0.717) is 13.0 Å². The van der Waals surface area contributed by atoms with Crippen LogP contribution < -0.4 is 0 Å². The van der Waals surface area contributed by atoms with Gasteiger partial charge in [0.1, 0.15) is 5.54 Å². The summed E-state index contributed by atoms with van der Waals surface area (Å²) in [5.41, 5.74) is 1.19. The molecule has 88 valence electrons. The van der Waals surface area contributed by atoms with Crippen LogP contribution in [0.2, 0.25) is 0 Å². The summed E-state index contributed by atoms with van der Waals surface area (Å²) in [5, 5.41) is 9.39. The van der Waals surface area contributed by atoms with Crippen molar-refractivity contribution >= 4 is 11.9 Å². The first-order valence-electron chi connectivity index (χ1n) is 5.67. The van der Waals surface area contributed by atoms with Crippen LogP contribution in [0.1, 0.15) is 30.4 Å². The van der Waals surface area contributed by atoms with Crippen LogP contribution in [0.25, 0.3) is 0 Å². The third-order valence-electron chi connectivity index (χ3n) is 3.92. The lowest BCUT2D eigenvalue weighted by Gasteiger charge is -2.34. The number of benzene rings is 1. The second kappa shape index (κ2) is 3.09. The third-order valence-corrected chi connectivity index (χ3v) is 3.92. The molecule has 1 heterocycles. The number of aliphatic carboxylic acids is 1. The van der Waals surface area contributed by atoms with E-state index in [1.165, 1.54) is 11.8 Å². The van der Waals surface area contributed by atoms with E-state index < -0.39 is 11.5 Å². The highest BCUT2D eigenvalue weighted by Gasteiger charge is 2.68. The molecule has 2 aliphatic rings. The topological polar surface area (TPSA) is 57.6 Å². The predicted octanol–water partition coefficient (Wildman–Crippen LogP) is 1.36. The summed E-state index contributed by atoms with van der Waals surface area (Å²) in [7, 11) is 0. The van der Waals surface area contributed by atoms with E-state index >= 15 is 0 Å². The van der Waals surface area contributed by atoms with Crippen LogP contribution in [0.4, 0.5) is 0 Å². The fourth-order valence-corrected chi connectivity index (χ4v) is 2.99. The molecule has 1 aromatic carbocycles. The summed E-state index contributed by atoms with van der Waals surface area (Å²) in [5.74, 6) is -1.08. The maximum absolute atomic E-state index is 11.6. The number of hydrogen-bond donors (Lipinski definition) is 1. The molecule has 4 nitrogen and oxygen atoms in total. The van der Waals surface area contributed by atoms with Gasteiger partial charge < -0.3 is 10.0 Å². The van der Waals surface area contributed by atoms with Crippen molar-refractivity contribution in [2.24, 2.45) is 0 Å². The van der Waals surface area contributed by atoms with Crippen molar-refractivity contribution in [2.45, 2.75) is 31.3 Å². The van der Waals surface area contributed by atoms with Gasteiger partial charge in [-0.3, -0.25) is 4.79 Å². The van der Waals surface area contributed by atoms with Crippen LogP contribution in [0, 0.1) is 0 Å². The van der Waals surface area contributed by atoms with Gasteiger partial charge in [-0.25, -0.2) is 4.79 Å². The van der Waals surface area contributed by atoms with Gasteiger partial charge in [0.15, 0.2) is 0 Å². The van der Waals surface area contributed by atoms with Crippen molar-refractivity contribution in [3.8, 4) is 0 Å². The average molecular weight is 231 g/mol. The van der Waals surface area contributed by atoms with E-state index in [1.54, 1.807) is 0 Å². The van der Waals surface area contributed by atoms with Gasteiger partial charge in [0.2, 0.25) is 5.91 Å². The van der Waals surface area contributed by atoms with Gasteiger partial charge in [0, 0.05) is 19.4 Å². The highest BCUT2D eigenvalue weighted by atomic mass is 16.4. The summed E-state index contributed by atoms with van der Waals surface area (Å²) in [6.45, 7) is 1.85. The lowest BCUT2D eigenvalue weighted by molar-refractivity contribution is -0.152. The third kappa shape index (κ3) is 1.18. The van der Waals surface area contributed by atoms with Gasteiger partial charge >= 0.3 is 5.97 Å². The quantitative estimate of drug-likeness (QED) is 0.794. The molecule has 0 saturated heterocycles. The smallest absolute Gasteiger partial charge is 0.330 e. The zero-order valence-electron chi connectivity index (χ0n) is 9.51. The van der Waals surface area contributed by atoms with Crippen LogP contribution in [0.5, 0.6) is 0 Å². The van der Waals surface area contributed by atoms with Crippen LogP contribution in [-0.2, 0) is 16.1 Å². The van der Waals surface area contributed by atoms with Gasteiger partial charge in [-0.2, -0.15) is 0 Å². The molecule has 1 aliphatic carbocycles. The van der Waals surface area contributed by atoms with Crippen molar-refractivity contribution in [1.82, 2.24) is 4.90 Å². The van der Waals surface area contributed by atoms with Gasteiger partial charge in [0.25, 0.3) is 0 Å². The summed E-state index contributed by atoms with van der Waals surface area (Å²) in [4.78, 5) is 24.6. The van der Waals surface area contributed by atoms with Gasteiger partial charge in [-0.05, 0) is 17.5 Å². The standard InChI is InChI=1S/C13H13NO3/c1-8(15)14-7-9-4-2-3-5-10(9)11-6-13(11,14)12(16)17/h2-5,11H,6-7H2,1H3,(H,16,17). The fourth-order valence-electron chi connectivity index (χ4n) is 2.99. The van der Waals surface area contributed by atoms with E-state index in [2.05, 4.69) is 0 Å². The van der Waals surface area contributed by atoms with Gasteiger partial charge in [-0.15, -0.1) is 0 Å². The Morgan fingerprint density at radius 2 is 2.12 bits per heavy atom. The fraction of sp³-hybridized carbons (Fsp3) is 0.385. The van der Waals surface area contributed by atoms with E-state index in [9.17, 15) is 14.7 Å². The molecule has 2 atom stereocenters. The number of carbonyl (C=O) groups excluding carboxylic acids is 1. The van der Waals surface area contributed by atoms with Crippen LogP contribution in [0.15, 0.2) is 24.3 Å². The molecular weight excluding hydrogens is 218 g/mol. The molecule has 0 bridgehead atoms. The van der Waals surface area contributed by atoms with E-state index in [1.807, 2.05) is 24.3 Å². The van der Waals surface area contributed by atoms with Crippen molar-refractivity contribution in [1.29, 1.82) is 0 Å². The largest absolute Gasteiger partial charge is 0.479 e. The molecule has 0 radical (unpaired) electrons. The molecule has 2 unspecified atom stereocenters. The van der Waals surface area contributed by atoms with Crippen LogP contribution >= 0.6 is 0 Å². The number of nitrogens with zero attached hydrogens (tertiary/aromatic N) is 1. The van der Waals surface area contributed by atoms with Gasteiger partial charge in [0.05, 0.1) is 0 Å². The Morgan fingerprint density at radius 3 is 2.76 bits per heavy atom. The SMILES string of the molecule is CC(=O)N1Cc2ccccc2C2CC21C(=O)O. The van der Waals surface area contributed by atoms with Crippen LogP contribution in [0.3, 0.4) is 0 Å². The molecule has 0 spiro atoms. The molecule has 1 N–H and O–H groups in total. The Kier molecular flexibility index (Phi) is 1.88. The molecule has 4 heteroatoms. The molecule has 3 rings (SSSR count). The number of amides is 1. The Morgan fingerprint density at radius 1 is 1.41 bits per heavy atom. The van der Waals surface area contributed by atoms with Crippen molar-refractivity contribution in [2.75, 3.05) is 0 Å². The lowest BCUT2D eigenvalue weighted by Crippen LogP contribution is -2.49. The maximum atomic E-state index is 11.6. The molecule has 1 saturated carbocycles. The lowest BCUT2D eigenvalue weighted by atomic mass is 9.94. The molecule has 1 amide bonds. The Bertz CT molecular complexity index is 525. The number of hydrogen-bond acceptors (Lipinski definition) is 2. The summed E-state index contributed by atoms with van der Waals surface area (Å²) >= 11 is 0. The van der Waals surface area contributed by atoms with Crippen molar-refractivity contribution in [3.63, 3.8) is 0 Å². The Hall–Kier alpha value is -1.84. The number of rotatable bonds is 1. The molecular formula is C13H13NO3. The minimum absolute atomic E-state index is 0.0335. The van der Waals surface area contributed by atoms with E-state index in [-0.39, 0.29) is 11.8 Å². The molecule has 1 aromatic rings. The zero-order valence-corrected chi connectivity index (χ0v) is 9.51. The number of carboxylic acids is 1. The first kappa shape index (κ1) is 10.3. The number of carbonyl (C=O) groups is 2. The van der Waals surface area contributed by atoms with Crippen molar-refractivity contribution < 1.29 is 14.7 Å². The zero-order chi connectivity index (χ0) is 12.2.